The van der Waals surface area contributed by atoms with Crippen LogP contribution in [0.15, 0.2) is 60.8 Å². The Balaban J connectivity index is 1.75. The van der Waals surface area contributed by atoms with Crippen molar-refractivity contribution in [1.82, 2.24) is 10.3 Å². The molecule has 148 valence electrons. The summed E-state index contributed by atoms with van der Waals surface area (Å²) < 4.78 is 28.5. The number of hydrogen-bond donors (Lipinski definition) is 2. The summed E-state index contributed by atoms with van der Waals surface area (Å²) in [6.07, 6.45) is 1.39. The first-order valence-electron chi connectivity index (χ1n) is 8.79. The standard InChI is InChI=1S/C20H23N2O5P/c1-25-28(24,26-2)19(12-16-13-21-18-11-7-6-10-17(16)18)22-20(23)27-14-15-8-4-3-5-9-15/h3-11,13,19,21H,12,14H2,1-2H3,(H,22,23)/t19-/m0/s1. The minimum atomic E-state index is -3.59. The van der Waals surface area contributed by atoms with Gasteiger partial charge in [0.05, 0.1) is 0 Å². The number of benzene rings is 2. The van der Waals surface area contributed by atoms with Crippen LogP contribution in [0.3, 0.4) is 0 Å². The van der Waals surface area contributed by atoms with Crippen LogP contribution < -0.4 is 5.32 Å². The van der Waals surface area contributed by atoms with Crippen LogP contribution in [-0.4, -0.2) is 31.1 Å². The lowest BCUT2D eigenvalue weighted by molar-refractivity contribution is 0.136. The fourth-order valence-electron chi connectivity index (χ4n) is 2.98. The van der Waals surface area contributed by atoms with Gasteiger partial charge < -0.3 is 24.1 Å². The lowest BCUT2D eigenvalue weighted by Gasteiger charge is -2.25. The summed E-state index contributed by atoms with van der Waals surface area (Å²) in [5, 5.41) is 3.62. The number of fused-ring (bicyclic) bond motifs is 1. The van der Waals surface area contributed by atoms with Crippen molar-refractivity contribution in [2.75, 3.05) is 14.2 Å². The highest BCUT2D eigenvalue weighted by molar-refractivity contribution is 7.54. The van der Waals surface area contributed by atoms with E-state index < -0.39 is 19.5 Å². The number of H-pyrrole nitrogens is 1. The highest BCUT2D eigenvalue weighted by Gasteiger charge is 2.36. The van der Waals surface area contributed by atoms with Gasteiger partial charge in [0.1, 0.15) is 12.4 Å². The zero-order valence-electron chi connectivity index (χ0n) is 15.8. The Morgan fingerprint density at radius 2 is 1.75 bits per heavy atom. The average molecular weight is 402 g/mol. The Morgan fingerprint density at radius 1 is 1.07 bits per heavy atom. The van der Waals surface area contributed by atoms with Gasteiger partial charge in [-0.25, -0.2) is 4.79 Å². The Morgan fingerprint density at radius 3 is 2.46 bits per heavy atom. The number of alkyl carbamates (subject to hydrolysis) is 1. The Labute approximate surface area is 163 Å². The van der Waals surface area contributed by atoms with Crippen LogP contribution in [-0.2, 0) is 31.4 Å². The van der Waals surface area contributed by atoms with Crippen molar-refractivity contribution in [3.05, 3.63) is 71.9 Å². The number of ether oxygens (including phenoxy) is 1. The molecule has 0 aliphatic carbocycles. The van der Waals surface area contributed by atoms with E-state index >= 15 is 0 Å². The van der Waals surface area contributed by atoms with Crippen LogP contribution in [0.25, 0.3) is 10.9 Å². The van der Waals surface area contributed by atoms with Crippen molar-refractivity contribution < 1.29 is 23.1 Å². The number of aromatic nitrogens is 1. The molecule has 8 heteroatoms. The molecule has 1 heterocycles. The summed E-state index contributed by atoms with van der Waals surface area (Å²) in [5.41, 5.74) is 2.69. The molecule has 3 aromatic rings. The second-order valence-electron chi connectivity index (χ2n) is 6.19. The first kappa shape index (κ1) is 20.1. The Hall–Kier alpha value is -2.60. The van der Waals surface area contributed by atoms with Crippen molar-refractivity contribution in [2.45, 2.75) is 18.8 Å². The van der Waals surface area contributed by atoms with E-state index in [2.05, 4.69) is 10.3 Å². The molecular weight excluding hydrogens is 379 g/mol. The van der Waals surface area contributed by atoms with E-state index in [0.29, 0.717) is 0 Å². The molecule has 2 aromatic carbocycles. The van der Waals surface area contributed by atoms with Crippen LogP contribution in [0.1, 0.15) is 11.1 Å². The zero-order chi connectivity index (χ0) is 20.0. The van der Waals surface area contributed by atoms with E-state index in [1.807, 2.05) is 60.8 Å². The molecule has 0 saturated carbocycles. The number of carbonyl (C=O) groups is 1. The zero-order valence-corrected chi connectivity index (χ0v) is 16.6. The monoisotopic (exact) mass is 402 g/mol. The van der Waals surface area contributed by atoms with Gasteiger partial charge in [0.25, 0.3) is 0 Å². The summed E-state index contributed by atoms with van der Waals surface area (Å²) in [6.45, 7) is 0.108. The number of carbonyl (C=O) groups excluding carboxylic acids is 1. The number of hydrogen-bond acceptors (Lipinski definition) is 5. The van der Waals surface area contributed by atoms with Gasteiger partial charge in [-0.3, -0.25) is 4.57 Å². The maximum atomic E-state index is 13.0. The normalized spacial score (nSPS) is 12.6. The van der Waals surface area contributed by atoms with Crippen molar-refractivity contribution in [2.24, 2.45) is 0 Å². The maximum Gasteiger partial charge on any atom is 0.408 e. The van der Waals surface area contributed by atoms with Gasteiger partial charge in [-0.05, 0) is 17.2 Å². The summed E-state index contributed by atoms with van der Waals surface area (Å²) >= 11 is 0. The van der Waals surface area contributed by atoms with E-state index in [0.717, 1.165) is 22.0 Å². The van der Waals surface area contributed by atoms with E-state index in [4.69, 9.17) is 13.8 Å². The molecule has 0 saturated heterocycles. The lowest BCUT2D eigenvalue weighted by atomic mass is 10.1. The van der Waals surface area contributed by atoms with Crippen molar-refractivity contribution >= 4 is 24.6 Å². The SMILES string of the molecule is COP(=O)(OC)[C@@H](Cc1c[nH]c2ccccc12)NC(=O)OCc1ccccc1. The number of amides is 1. The van der Waals surface area contributed by atoms with Gasteiger partial charge in [-0.15, -0.1) is 0 Å². The van der Waals surface area contributed by atoms with E-state index in [9.17, 15) is 9.36 Å². The smallest absolute Gasteiger partial charge is 0.408 e. The van der Waals surface area contributed by atoms with Crippen molar-refractivity contribution in [3.63, 3.8) is 0 Å². The number of rotatable bonds is 8. The summed E-state index contributed by atoms with van der Waals surface area (Å²) in [6, 6.07) is 17.1. The number of nitrogens with one attached hydrogen (secondary N) is 2. The van der Waals surface area contributed by atoms with Crippen molar-refractivity contribution in [3.8, 4) is 0 Å². The predicted molar refractivity (Wildman–Crippen MR) is 107 cm³/mol. The van der Waals surface area contributed by atoms with Gasteiger partial charge in [-0.1, -0.05) is 48.5 Å². The van der Waals surface area contributed by atoms with Crippen LogP contribution >= 0.6 is 7.60 Å². The highest BCUT2D eigenvalue weighted by atomic mass is 31.2. The van der Waals surface area contributed by atoms with Gasteiger partial charge in [-0.2, -0.15) is 0 Å². The summed E-state index contributed by atoms with van der Waals surface area (Å²) in [5.74, 6) is -0.898. The maximum absolute atomic E-state index is 13.0. The number of aromatic amines is 1. The molecular formula is C20H23N2O5P. The lowest BCUT2D eigenvalue weighted by Crippen LogP contribution is -2.37. The van der Waals surface area contributed by atoms with Gasteiger partial charge >= 0.3 is 13.7 Å². The van der Waals surface area contributed by atoms with E-state index in [-0.39, 0.29) is 13.0 Å². The van der Waals surface area contributed by atoms with E-state index in [1.54, 1.807) is 0 Å². The third-order valence-electron chi connectivity index (χ3n) is 4.48. The fraction of sp³-hybridized carbons (Fsp3) is 0.250. The van der Waals surface area contributed by atoms with Gasteiger partial charge in [0.2, 0.25) is 0 Å². The molecule has 0 aliphatic rings. The molecule has 28 heavy (non-hydrogen) atoms. The third kappa shape index (κ3) is 4.62. The van der Waals surface area contributed by atoms with Crippen LogP contribution in [0.4, 0.5) is 4.79 Å². The Bertz CT molecular complexity index is 965. The second-order valence-corrected chi connectivity index (χ2v) is 8.62. The minimum absolute atomic E-state index is 0.108. The van der Waals surface area contributed by atoms with Gasteiger partial charge in [0.15, 0.2) is 0 Å². The minimum Gasteiger partial charge on any atom is -0.445 e. The second kappa shape index (κ2) is 9.06. The molecule has 0 spiro atoms. The van der Waals surface area contributed by atoms with E-state index in [1.165, 1.54) is 14.2 Å². The van der Waals surface area contributed by atoms with Gasteiger partial charge in [0, 0.05) is 37.7 Å². The largest absolute Gasteiger partial charge is 0.445 e. The molecule has 7 nitrogen and oxygen atoms in total. The van der Waals surface area contributed by atoms with Crippen LogP contribution in [0.2, 0.25) is 0 Å². The topological polar surface area (TPSA) is 89.7 Å². The molecule has 2 N–H and O–H groups in total. The fourth-order valence-corrected chi connectivity index (χ4v) is 4.32. The predicted octanol–water partition coefficient (Wildman–Crippen LogP) is 4.45. The summed E-state index contributed by atoms with van der Waals surface area (Å²) in [7, 11) is -0.995. The number of para-hydroxylation sites is 1. The Kier molecular flexibility index (Phi) is 6.52. The molecule has 0 bridgehead atoms. The van der Waals surface area contributed by atoms with Crippen LogP contribution in [0.5, 0.6) is 0 Å². The third-order valence-corrected chi connectivity index (χ3v) is 6.57. The molecule has 1 amide bonds. The molecule has 0 fully saturated rings. The first-order chi connectivity index (χ1) is 13.6. The summed E-state index contributed by atoms with van der Waals surface area (Å²) in [4.78, 5) is 15.5. The molecule has 0 aliphatic heterocycles. The molecule has 0 unspecified atom stereocenters. The highest BCUT2D eigenvalue weighted by Crippen LogP contribution is 2.51. The average Bonchev–Trinajstić information content (AvgIpc) is 3.15. The molecule has 3 rings (SSSR count). The molecule has 1 atom stereocenters. The van der Waals surface area contributed by atoms with Crippen molar-refractivity contribution in [1.29, 1.82) is 0 Å². The van der Waals surface area contributed by atoms with Crippen LogP contribution in [0, 0.1) is 0 Å². The molecule has 1 aromatic heterocycles. The quantitative estimate of drug-likeness (QED) is 0.544. The molecule has 0 radical (unpaired) electrons. The first-order valence-corrected chi connectivity index (χ1v) is 10.4.